The summed E-state index contributed by atoms with van der Waals surface area (Å²) in [5.74, 6) is 2.50. The fraction of sp³-hybridized carbons (Fsp3) is 0.625. The van der Waals surface area contributed by atoms with Crippen molar-refractivity contribution in [3.05, 3.63) is 28.2 Å². The van der Waals surface area contributed by atoms with Gasteiger partial charge in [0.2, 0.25) is 0 Å². The first-order valence-corrected chi connectivity index (χ1v) is 7.95. The number of methoxy groups -OCH3 is 1. The van der Waals surface area contributed by atoms with E-state index < -0.39 is 0 Å². The molecule has 0 radical (unpaired) electrons. The van der Waals surface area contributed by atoms with E-state index in [1.54, 1.807) is 7.11 Å². The normalized spacial score (nSPS) is 25.1. The first kappa shape index (κ1) is 14.9. The summed E-state index contributed by atoms with van der Waals surface area (Å²) in [5.41, 5.74) is 1.32. The summed E-state index contributed by atoms with van der Waals surface area (Å²) in [6.45, 7) is 2.37. The summed E-state index contributed by atoms with van der Waals surface area (Å²) in [6.07, 6.45) is 5.37. The van der Waals surface area contributed by atoms with Gasteiger partial charge in [-0.25, -0.2) is 0 Å². The molecule has 1 aliphatic carbocycles. The van der Waals surface area contributed by atoms with Gasteiger partial charge < -0.3 is 10.1 Å². The molecule has 1 aromatic carbocycles. The second-order valence-corrected chi connectivity index (χ2v) is 6.54. The van der Waals surface area contributed by atoms with Gasteiger partial charge in [-0.15, -0.1) is 0 Å². The second-order valence-electron chi connectivity index (χ2n) is 5.69. The minimum atomic E-state index is 0.409. The van der Waals surface area contributed by atoms with Crippen molar-refractivity contribution in [3.63, 3.8) is 0 Å². The standard InChI is InChI=1S/C16H24BrNO/c1-11-5-4-6-12(9-11)16(18-2)14-10-13(19-3)7-8-15(14)17/h7-8,10-12,16,18H,4-6,9H2,1-3H3. The molecule has 0 saturated heterocycles. The lowest BCUT2D eigenvalue weighted by atomic mass is 9.77. The van der Waals surface area contributed by atoms with E-state index in [0.717, 1.165) is 17.6 Å². The summed E-state index contributed by atoms with van der Waals surface area (Å²) >= 11 is 3.69. The van der Waals surface area contributed by atoms with Crippen LogP contribution in [-0.4, -0.2) is 14.2 Å². The molecule has 1 aromatic rings. The van der Waals surface area contributed by atoms with Crippen molar-refractivity contribution in [1.29, 1.82) is 0 Å². The second kappa shape index (κ2) is 6.76. The highest BCUT2D eigenvalue weighted by Gasteiger charge is 2.28. The van der Waals surface area contributed by atoms with Crippen molar-refractivity contribution in [2.45, 2.75) is 38.6 Å². The van der Waals surface area contributed by atoms with Crippen molar-refractivity contribution in [1.82, 2.24) is 5.32 Å². The largest absolute Gasteiger partial charge is 0.497 e. The minimum Gasteiger partial charge on any atom is -0.497 e. The third kappa shape index (κ3) is 3.51. The first-order chi connectivity index (χ1) is 9.15. The highest BCUT2D eigenvalue weighted by atomic mass is 79.9. The van der Waals surface area contributed by atoms with Gasteiger partial charge in [0.25, 0.3) is 0 Å². The summed E-state index contributed by atoms with van der Waals surface area (Å²) in [6, 6.07) is 6.66. The molecule has 0 amide bonds. The molecule has 0 bridgehead atoms. The van der Waals surface area contributed by atoms with Crippen LogP contribution in [-0.2, 0) is 0 Å². The molecule has 19 heavy (non-hydrogen) atoms. The SMILES string of the molecule is CNC(c1cc(OC)ccc1Br)C1CCCC(C)C1. The number of rotatable bonds is 4. The number of halogens is 1. The van der Waals surface area contributed by atoms with Crippen molar-refractivity contribution < 1.29 is 4.74 Å². The van der Waals surface area contributed by atoms with Gasteiger partial charge in [0, 0.05) is 10.5 Å². The van der Waals surface area contributed by atoms with Crippen LogP contribution in [0.15, 0.2) is 22.7 Å². The van der Waals surface area contributed by atoms with Crippen molar-refractivity contribution in [3.8, 4) is 5.75 Å². The van der Waals surface area contributed by atoms with Crippen LogP contribution in [0.3, 0.4) is 0 Å². The summed E-state index contributed by atoms with van der Waals surface area (Å²) in [5, 5.41) is 3.52. The molecule has 0 spiro atoms. The maximum Gasteiger partial charge on any atom is 0.119 e. The van der Waals surface area contributed by atoms with Crippen LogP contribution in [0, 0.1) is 11.8 Å². The van der Waals surface area contributed by atoms with Gasteiger partial charge in [-0.05, 0) is 55.5 Å². The Labute approximate surface area is 125 Å². The van der Waals surface area contributed by atoms with Crippen molar-refractivity contribution >= 4 is 15.9 Å². The molecule has 3 heteroatoms. The van der Waals surface area contributed by atoms with Gasteiger partial charge in [-0.3, -0.25) is 0 Å². The maximum absolute atomic E-state index is 5.36. The van der Waals surface area contributed by atoms with Crippen LogP contribution in [0.25, 0.3) is 0 Å². The zero-order valence-corrected chi connectivity index (χ0v) is 13.7. The van der Waals surface area contributed by atoms with Gasteiger partial charge in [0.1, 0.15) is 5.75 Å². The zero-order valence-electron chi connectivity index (χ0n) is 12.1. The fourth-order valence-corrected chi connectivity index (χ4v) is 3.81. The summed E-state index contributed by atoms with van der Waals surface area (Å²) < 4.78 is 6.54. The number of hydrogen-bond acceptors (Lipinski definition) is 2. The Morgan fingerprint density at radius 2 is 2.16 bits per heavy atom. The molecule has 1 N–H and O–H groups in total. The monoisotopic (exact) mass is 325 g/mol. The molecular weight excluding hydrogens is 302 g/mol. The Bertz CT molecular complexity index is 421. The predicted octanol–water partition coefficient (Wildman–Crippen LogP) is 4.54. The Kier molecular flexibility index (Phi) is 5.28. The molecule has 0 aliphatic heterocycles. The van der Waals surface area contributed by atoms with Gasteiger partial charge in [-0.1, -0.05) is 35.7 Å². The number of nitrogens with one attached hydrogen (secondary N) is 1. The molecule has 3 atom stereocenters. The topological polar surface area (TPSA) is 21.3 Å². The van der Waals surface area contributed by atoms with E-state index in [1.165, 1.54) is 35.7 Å². The Balaban J connectivity index is 2.25. The smallest absolute Gasteiger partial charge is 0.119 e. The molecule has 2 nitrogen and oxygen atoms in total. The van der Waals surface area contributed by atoms with E-state index in [4.69, 9.17) is 4.74 Å². The predicted molar refractivity (Wildman–Crippen MR) is 83.6 cm³/mol. The van der Waals surface area contributed by atoms with E-state index in [1.807, 2.05) is 6.07 Å². The Morgan fingerprint density at radius 3 is 2.79 bits per heavy atom. The van der Waals surface area contributed by atoms with Gasteiger partial charge in [0.15, 0.2) is 0 Å². The summed E-state index contributed by atoms with van der Waals surface area (Å²) in [4.78, 5) is 0. The van der Waals surface area contributed by atoms with Crippen LogP contribution in [0.4, 0.5) is 0 Å². The van der Waals surface area contributed by atoms with Crippen molar-refractivity contribution in [2.24, 2.45) is 11.8 Å². The van der Waals surface area contributed by atoms with E-state index in [-0.39, 0.29) is 0 Å². The van der Waals surface area contributed by atoms with Gasteiger partial charge in [-0.2, -0.15) is 0 Å². The number of hydrogen-bond donors (Lipinski definition) is 1. The molecule has 0 aromatic heterocycles. The molecule has 0 heterocycles. The quantitative estimate of drug-likeness (QED) is 0.877. The maximum atomic E-state index is 5.36. The Morgan fingerprint density at radius 1 is 1.37 bits per heavy atom. The van der Waals surface area contributed by atoms with Crippen LogP contribution >= 0.6 is 15.9 Å². The molecule has 1 aliphatic rings. The van der Waals surface area contributed by atoms with Crippen LogP contribution in [0.1, 0.15) is 44.2 Å². The van der Waals surface area contributed by atoms with Crippen molar-refractivity contribution in [2.75, 3.05) is 14.2 Å². The molecule has 1 saturated carbocycles. The minimum absolute atomic E-state index is 0.409. The highest BCUT2D eigenvalue weighted by Crippen LogP contribution is 2.39. The average Bonchev–Trinajstić information content (AvgIpc) is 2.42. The van der Waals surface area contributed by atoms with E-state index in [2.05, 4.69) is 47.4 Å². The van der Waals surface area contributed by atoms with E-state index >= 15 is 0 Å². The van der Waals surface area contributed by atoms with Crippen LogP contribution < -0.4 is 10.1 Å². The van der Waals surface area contributed by atoms with Crippen LogP contribution in [0.2, 0.25) is 0 Å². The lowest BCUT2D eigenvalue weighted by Crippen LogP contribution is -2.29. The molecule has 106 valence electrons. The Hall–Kier alpha value is -0.540. The lowest BCUT2D eigenvalue weighted by Gasteiger charge is -2.34. The highest BCUT2D eigenvalue weighted by molar-refractivity contribution is 9.10. The number of ether oxygens (including phenoxy) is 1. The number of benzene rings is 1. The molecular formula is C16H24BrNO. The van der Waals surface area contributed by atoms with Gasteiger partial charge in [0.05, 0.1) is 7.11 Å². The molecule has 1 fully saturated rings. The fourth-order valence-electron chi connectivity index (χ4n) is 3.32. The third-order valence-electron chi connectivity index (χ3n) is 4.30. The van der Waals surface area contributed by atoms with E-state index in [0.29, 0.717) is 6.04 Å². The lowest BCUT2D eigenvalue weighted by molar-refractivity contribution is 0.229. The first-order valence-electron chi connectivity index (χ1n) is 7.16. The average molecular weight is 326 g/mol. The third-order valence-corrected chi connectivity index (χ3v) is 5.02. The molecule has 2 rings (SSSR count). The molecule has 3 unspecified atom stereocenters. The van der Waals surface area contributed by atoms with Crippen LogP contribution in [0.5, 0.6) is 5.75 Å². The zero-order chi connectivity index (χ0) is 13.8. The summed E-state index contributed by atoms with van der Waals surface area (Å²) in [7, 11) is 3.79. The van der Waals surface area contributed by atoms with Gasteiger partial charge >= 0.3 is 0 Å². The van der Waals surface area contributed by atoms with E-state index in [9.17, 15) is 0 Å².